The number of aryl methyl sites for hydroxylation is 1. The number of carbonyl (C=O) groups is 1. The van der Waals surface area contributed by atoms with Crippen molar-refractivity contribution in [2.24, 2.45) is 7.05 Å². The number of hydrogen-bond donors (Lipinski definition) is 0. The van der Waals surface area contributed by atoms with Gasteiger partial charge in [-0.2, -0.15) is 23.5 Å². The van der Waals surface area contributed by atoms with Gasteiger partial charge in [-0.1, -0.05) is 0 Å². The lowest BCUT2D eigenvalue weighted by Crippen LogP contribution is -2.41. The first kappa shape index (κ1) is 11.6. The van der Waals surface area contributed by atoms with Gasteiger partial charge < -0.3 is 0 Å². The lowest BCUT2D eigenvalue weighted by molar-refractivity contribution is -0.143. The molecule has 1 fully saturated rings. The van der Waals surface area contributed by atoms with Crippen LogP contribution in [0.15, 0.2) is 6.20 Å². The largest absolute Gasteiger partial charge is 0.435 e. The van der Waals surface area contributed by atoms with Crippen LogP contribution in [0.2, 0.25) is 0 Å². The fraction of sp³-hybridized carbons (Fsp3) is 0.500. The number of nitrogens with zero attached hydrogens (tertiary/aromatic N) is 3. The molecule has 0 radical (unpaired) electrons. The maximum Gasteiger partial charge on any atom is 0.435 e. The summed E-state index contributed by atoms with van der Waals surface area (Å²) in [6.45, 7) is 0. The van der Waals surface area contributed by atoms with Crippen molar-refractivity contribution in [1.82, 2.24) is 9.78 Å². The zero-order valence-corrected chi connectivity index (χ0v) is 8.88. The van der Waals surface area contributed by atoms with E-state index in [0.717, 1.165) is 4.68 Å². The van der Waals surface area contributed by atoms with Gasteiger partial charge in [0.25, 0.3) is 0 Å². The number of aromatic nitrogens is 2. The predicted molar refractivity (Wildman–Crippen MR) is 49.7 cm³/mol. The maximum absolute atomic E-state index is 12.7. The second kappa shape index (κ2) is 3.32. The average Bonchev–Trinajstić information content (AvgIpc) is 2.55. The molecular weight excluding hydrogens is 235 g/mol. The van der Waals surface area contributed by atoms with Crippen molar-refractivity contribution in [3.8, 4) is 6.07 Å². The van der Waals surface area contributed by atoms with Gasteiger partial charge in [0.2, 0.25) is 0 Å². The molecule has 1 aromatic rings. The van der Waals surface area contributed by atoms with E-state index >= 15 is 0 Å². The van der Waals surface area contributed by atoms with Crippen LogP contribution in [0.5, 0.6) is 0 Å². The van der Waals surface area contributed by atoms with E-state index in [1.165, 1.54) is 13.2 Å². The van der Waals surface area contributed by atoms with Crippen LogP contribution in [0.4, 0.5) is 13.2 Å². The van der Waals surface area contributed by atoms with Crippen LogP contribution in [0.25, 0.3) is 0 Å². The molecule has 0 aliphatic heterocycles. The Bertz CT molecular complexity index is 516. The van der Waals surface area contributed by atoms with Gasteiger partial charge in [0.05, 0.1) is 11.5 Å². The molecular formula is C10H8F3N3O. The Morgan fingerprint density at radius 1 is 1.53 bits per heavy atom. The van der Waals surface area contributed by atoms with Crippen LogP contribution in [-0.4, -0.2) is 15.6 Å². The zero-order chi connectivity index (χ0) is 12.8. The molecule has 2 rings (SSSR count). The monoisotopic (exact) mass is 243 g/mol. The van der Waals surface area contributed by atoms with Gasteiger partial charge in [-0.3, -0.25) is 9.48 Å². The maximum atomic E-state index is 12.7. The van der Waals surface area contributed by atoms with Gasteiger partial charge >= 0.3 is 6.18 Å². The smallest absolute Gasteiger partial charge is 0.300 e. The topological polar surface area (TPSA) is 58.7 Å². The predicted octanol–water partition coefficient (Wildman–Crippen LogP) is 1.56. The number of ketones is 1. The van der Waals surface area contributed by atoms with Crippen LogP contribution in [0.1, 0.15) is 24.1 Å². The highest BCUT2D eigenvalue weighted by Crippen LogP contribution is 2.45. The molecule has 0 amide bonds. The number of rotatable bonds is 1. The van der Waals surface area contributed by atoms with Crippen molar-refractivity contribution in [2.45, 2.75) is 24.4 Å². The molecule has 0 unspecified atom stereocenters. The number of hydrogen-bond acceptors (Lipinski definition) is 3. The van der Waals surface area contributed by atoms with E-state index < -0.39 is 17.3 Å². The summed E-state index contributed by atoms with van der Waals surface area (Å²) in [6.07, 6.45) is -3.78. The fourth-order valence-corrected chi connectivity index (χ4v) is 2.00. The Morgan fingerprint density at radius 3 is 2.53 bits per heavy atom. The van der Waals surface area contributed by atoms with Crippen molar-refractivity contribution in [1.29, 1.82) is 5.26 Å². The number of carbonyl (C=O) groups excluding carboxylic acids is 1. The summed E-state index contributed by atoms with van der Waals surface area (Å²) in [4.78, 5) is 11.0. The minimum atomic E-state index is -4.61. The van der Waals surface area contributed by atoms with Crippen LogP contribution >= 0.6 is 0 Å². The van der Waals surface area contributed by atoms with Crippen molar-refractivity contribution in [2.75, 3.05) is 0 Å². The summed E-state index contributed by atoms with van der Waals surface area (Å²) in [5, 5.41) is 12.3. The summed E-state index contributed by atoms with van der Waals surface area (Å²) in [5.74, 6) is -0.205. The van der Waals surface area contributed by atoms with Gasteiger partial charge in [0, 0.05) is 31.6 Å². The Hall–Kier alpha value is -1.84. The first-order valence-electron chi connectivity index (χ1n) is 4.83. The molecule has 0 spiro atoms. The van der Waals surface area contributed by atoms with Crippen molar-refractivity contribution >= 4 is 5.78 Å². The second-order valence-electron chi connectivity index (χ2n) is 4.15. The number of halogens is 3. The Kier molecular flexibility index (Phi) is 2.28. The number of alkyl halides is 3. The lowest BCUT2D eigenvalue weighted by atomic mass is 9.64. The molecule has 1 heterocycles. The van der Waals surface area contributed by atoms with E-state index in [0.29, 0.717) is 0 Å². The molecule has 1 saturated carbocycles. The molecule has 17 heavy (non-hydrogen) atoms. The molecule has 0 bridgehead atoms. The summed E-state index contributed by atoms with van der Waals surface area (Å²) < 4.78 is 39.2. The number of nitriles is 1. The van der Waals surface area contributed by atoms with Crippen molar-refractivity contribution < 1.29 is 18.0 Å². The first-order chi connectivity index (χ1) is 7.78. The van der Waals surface area contributed by atoms with Crippen LogP contribution in [0, 0.1) is 11.3 Å². The Balaban J connectivity index is 2.53. The Labute approximate surface area is 94.6 Å². The Morgan fingerprint density at radius 2 is 2.12 bits per heavy atom. The second-order valence-corrected chi connectivity index (χ2v) is 4.15. The van der Waals surface area contributed by atoms with Gasteiger partial charge in [0.1, 0.15) is 5.78 Å². The van der Waals surface area contributed by atoms with Crippen LogP contribution in [-0.2, 0) is 23.4 Å². The van der Waals surface area contributed by atoms with Gasteiger partial charge in [-0.15, -0.1) is 0 Å². The van der Waals surface area contributed by atoms with E-state index in [1.807, 2.05) is 6.07 Å². The van der Waals surface area contributed by atoms with E-state index in [4.69, 9.17) is 5.26 Å². The van der Waals surface area contributed by atoms with Crippen molar-refractivity contribution in [3.63, 3.8) is 0 Å². The highest BCUT2D eigenvalue weighted by Gasteiger charge is 2.51. The molecule has 0 aromatic carbocycles. The molecule has 0 atom stereocenters. The highest BCUT2D eigenvalue weighted by atomic mass is 19.4. The zero-order valence-electron chi connectivity index (χ0n) is 8.88. The minimum absolute atomic E-state index is 0.168. The molecule has 4 nitrogen and oxygen atoms in total. The highest BCUT2D eigenvalue weighted by molar-refractivity contribution is 5.90. The number of Topliss-reactive ketones (excluding diaryl/α,β-unsaturated/α-hetero) is 1. The molecule has 1 aromatic heterocycles. The third-order valence-corrected chi connectivity index (χ3v) is 2.82. The van der Waals surface area contributed by atoms with Gasteiger partial charge in [-0.05, 0) is 0 Å². The molecule has 90 valence electrons. The van der Waals surface area contributed by atoms with E-state index in [2.05, 4.69) is 5.10 Å². The van der Waals surface area contributed by atoms with E-state index in [9.17, 15) is 18.0 Å². The molecule has 7 heteroatoms. The molecule has 1 aliphatic rings. The summed E-state index contributed by atoms with van der Waals surface area (Å²) in [5.41, 5.74) is -2.63. The summed E-state index contributed by atoms with van der Waals surface area (Å²) in [7, 11) is 1.35. The molecule has 0 saturated heterocycles. The summed E-state index contributed by atoms with van der Waals surface area (Å²) >= 11 is 0. The average molecular weight is 243 g/mol. The normalized spacial score (nSPS) is 18.6. The molecule has 1 aliphatic carbocycles. The third-order valence-electron chi connectivity index (χ3n) is 2.82. The van der Waals surface area contributed by atoms with E-state index in [1.54, 1.807) is 0 Å². The van der Waals surface area contributed by atoms with Crippen LogP contribution < -0.4 is 0 Å². The molecule has 0 N–H and O–H groups in total. The summed E-state index contributed by atoms with van der Waals surface area (Å²) in [6, 6.07) is 1.81. The quantitative estimate of drug-likeness (QED) is 0.752. The lowest BCUT2D eigenvalue weighted by Gasteiger charge is -2.33. The SMILES string of the molecule is Cn1cc(C2(C#N)CC(=O)C2)c(C(F)(F)F)n1. The van der Waals surface area contributed by atoms with Gasteiger partial charge in [-0.25, -0.2) is 0 Å². The first-order valence-corrected chi connectivity index (χ1v) is 4.83. The van der Waals surface area contributed by atoms with Crippen LogP contribution in [0.3, 0.4) is 0 Å². The van der Waals surface area contributed by atoms with Crippen molar-refractivity contribution in [3.05, 3.63) is 17.5 Å². The van der Waals surface area contributed by atoms with Gasteiger partial charge in [0.15, 0.2) is 5.69 Å². The van der Waals surface area contributed by atoms with E-state index in [-0.39, 0.29) is 24.2 Å². The standard InChI is InChI=1S/C10H8F3N3O/c1-16-4-7(8(15-16)10(11,12)13)9(5-14)2-6(17)3-9/h4H,2-3H2,1H3. The fourth-order valence-electron chi connectivity index (χ4n) is 2.00. The third kappa shape index (κ3) is 1.69. The minimum Gasteiger partial charge on any atom is -0.300 e.